The Bertz CT molecular complexity index is 328. The molecule has 4 nitrogen and oxygen atoms in total. The Labute approximate surface area is 100 Å². The van der Waals surface area contributed by atoms with Crippen molar-refractivity contribution in [2.24, 2.45) is 0 Å². The van der Waals surface area contributed by atoms with Crippen molar-refractivity contribution in [3.8, 4) is 0 Å². The van der Waals surface area contributed by atoms with Gasteiger partial charge in [-0.15, -0.1) is 0 Å². The zero-order valence-corrected chi connectivity index (χ0v) is 9.82. The van der Waals surface area contributed by atoms with E-state index < -0.39 is 0 Å². The van der Waals surface area contributed by atoms with Crippen LogP contribution in [0.2, 0.25) is 5.02 Å². The summed E-state index contributed by atoms with van der Waals surface area (Å²) in [6.45, 7) is 1.75. The SMILES string of the molecule is Nc1ccc(CN(CCO)CCO)c(Cl)c1. The molecule has 1 rings (SSSR count). The highest BCUT2D eigenvalue weighted by Crippen LogP contribution is 2.20. The quantitative estimate of drug-likeness (QED) is 0.645. The van der Waals surface area contributed by atoms with Crippen molar-refractivity contribution in [2.45, 2.75) is 6.54 Å². The van der Waals surface area contributed by atoms with E-state index in [0.717, 1.165) is 5.56 Å². The maximum atomic E-state index is 8.88. The van der Waals surface area contributed by atoms with E-state index in [-0.39, 0.29) is 13.2 Å². The number of benzene rings is 1. The molecule has 1 aromatic carbocycles. The summed E-state index contributed by atoms with van der Waals surface area (Å²) in [6, 6.07) is 5.35. The van der Waals surface area contributed by atoms with Gasteiger partial charge in [0.05, 0.1) is 13.2 Å². The lowest BCUT2D eigenvalue weighted by molar-refractivity contribution is 0.156. The second kappa shape index (κ2) is 6.70. The Kier molecular flexibility index (Phi) is 5.55. The summed E-state index contributed by atoms with van der Waals surface area (Å²) in [5, 5.41) is 18.4. The van der Waals surface area contributed by atoms with Crippen LogP contribution in [0.3, 0.4) is 0 Å². The van der Waals surface area contributed by atoms with Gasteiger partial charge in [0.15, 0.2) is 0 Å². The highest BCUT2D eigenvalue weighted by Gasteiger charge is 2.07. The molecule has 4 N–H and O–H groups in total. The highest BCUT2D eigenvalue weighted by molar-refractivity contribution is 6.31. The third-order valence-electron chi connectivity index (χ3n) is 2.30. The van der Waals surface area contributed by atoms with Gasteiger partial charge in [0.1, 0.15) is 0 Å². The van der Waals surface area contributed by atoms with Gasteiger partial charge in [0, 0.05) is 30.3 Å². The Morgan fingerprint density at radius 3 is 2.31 bits per heavy atom. The van der Waals surface area contributed by atoms with Gasteiger partial charge in [-0.2, -0.15) is 0 Å². The molecule has 0 unspecified atom stereocenters. The normalized spacial score (nSPS) is 11.0. The highest BCUT2D eigenvalue weighted by atomic mass is 35.5. The van der Waals surface area contributed by atoms with Crippen molar-refractivity contribution in [1.82, 2.24) is 4.90 Å². The lowest BCUT2D eigenvalue weighted by atomic mass is 10.2. The van der Waals surface area contributed by atoms with Crippen LogP contribution in [0.1, 0.15) is 5.56 Å². The van der Waals surface area contributed by atoms with E-state index in [2.05, 4.69) is 0 Å². The van der Waals surface area contributed by atoms with Crippen LogP contribution >= 0.6 is 11.6 Å². The third-order valence-corrected chi connectivity index (χ3v) is 2.66. The molecule has 16 heavy (non-hydrogen) atoms. The average molecular weight is 245 g/mol. The van der Waals surface area contributed by atoms with Crippen molar-refractivity contribution < 1.29 is 10.2 Å². The third kappa shape index (κ3) is 3.98. The molecule has 0 aromatic heterocycles. The van der Waals surface area contributed by atoms with Crippen molar-refractivity contribution in [3.63, 3.8) is 0 Å². The van der Waals surface area contributed by atoms with Gasteiger partial charge >= 0.3 is 0 Å². The molecule has 0 amide bonds. The first-order valence-electron chi connectivity index (χ1n) is 5.15. The second-order valence-corrected chi connectivity index (χ2v) is 3.98. The van der Waals surface area contributed by atoms with Crippen LogP contribution in [-0.4, -0.2) is 41.4 Å². The number of rotatable bonds is 6. The number of halogens is 1. The van der Waals surface area contributed by atoms with Gasteiger partial charge in [-0.25, -0.2) is 0 Å². The van der Waals surface area contributed by atoms with Crippen LogP contribution in [0.5, 0.6) is 0 Å². The zero-order chi connectivity index (χ0) is 12.0. The summed E-state index contributed by atoms with van der Waals surface area (Å²) < 4.78 is 0. The number of hydrogen-bond acceptors (Lipinski definition) is 4. The topological polar surface area (TPSA) is 69.7 Å². The molecule has 0 aliphatic rings. The first-order chi connectivity index (χ1) is 7.67. The summed E-state index contributed by atoms with van der Waals surface area (Å²) in [5.41, 5.74) is 7.17. The predicted molar refractivity (Wildman–Crippen MR) is 65.3 cm³/mol. The van der Waals surface area contributed by atoms with E-state index in [9.17, 15) is 0 Å². The van der Waals surface area contributed by atoms with Crippen molar-refractivity contribution in [3.05, 3.63) is 28.8 Å². The van der Waals surface area contributed by atoms with Crippen LogP contribution in [0.15, 0.2) is 18.2 Å². The Hall–Kier alpha value is -0.810. The lowest BCUT2D eigenvalue weighted by Crippen LogP contribution is -2.29. The summed E-state index contributed by atoms with van der Waals surface area (Å²) in [5.74, 6) is 0. The summed E-state index contributed by atoms with van der Waals surface area (Å²) in [7, 11) is 0. The van der Waals surface area contributed by atoms with Gasteiger partial charge in [-0.1, -0.05) is 17.7 Å². The molecule has 0 bridgehead atoms. The molecule has 0 radical (unpaired) electrons. The van der Waals surface area contributed by atoms with Crippen molar-refractivity contribution >= 4 is 17.3 Å². The van der Waals surface area contributed by atoms with E-state index in [4.69, 9.17) is 27.5 Å². The molecule has 5 heteroatoms. The van der Waals surface area contributed by atoms with Gasteiger partial charge in [0.2, 0.25) is 0 Å². The molecular formula is C11H17ClN2O2. The minimum absolute atomic E-state index is 0.0621. The first kappa shape index (κ1) is 13.3. The predicted octanol–water partition coefficient (Wildman–Crippen LogP) is 0.709. The second-order valence-electron chi connectivity index (χ2n) is 3.57. The van der Waals surface area contributed by atoms with E-state index in [1.165, 1.54) is 0 Å². The smallest absolute Gasteiger partial charge is 0.0558 e. The monoisotopic (exact) mass is 244 g/mol. The van der Waals surface area contributed by atoms with Gasteiger partial charge in [-0.05, 0) is 17.7 Å². The summed E-state index contributed by atoms with van der Waals surface area (Å²) in [6.07, 6.45) is 0. The number of anilines is 1. The first-order valence-corrected chi connectivity index (χ1v) is 5.53. The van der Waals surface area contributed by atoms with Gasteiger partial charge in [-0.3, -0.25) is 4.90 Å². The molecule has 90 valence electrons. The molecule has 0 saturated carbocycles. The van der Waals surface area contributed by atoms with Gasteiger partial charge < -0.3 is 15.9 Å². The van der Waals surface area contributed by atoms with Crippen LogP contribution in [0.25, 0.3) is 0 Å². The van der Waals surface area contributed by atoms with Crippen LogP contribution in [0.4, 0.5) is 5.69 Å². The molecule has 0 aliphatic carbocycles. The Morgan fingerprint density at radius 2 is 1.81 bits per heavy atom. The van der Waals surface area contributed by atoms with Crippen molar-refractivity contribution in [1.29, 1.82) is 0 Å². The van der Waals surface area contributed by atoms with Gasteiger partial charge in [0.25, 0.3) is 0 Å². The van der Waals surface area contributed by atoms with Crippen LogP contribution in [-0.2, 0) is 6.54 Å². The van der Waals surface area contributed by atoms with E-state index in [1.807, 2.05) is 11.0 Å². The maximum absolute atomic E-state index is 8.88. The summed E-state index contributed by atoms with van der Waals surface area (Å²) in [4.78, 5) is 1.93. The van der Waals surface area contributed by atoms with E-state index in [0.29, 0.717) is 30.3 Å². The molecule has 0 saturated heterocycles. The number of nitrogens with two attached hydrogens (primary N) is 1. The molecule has 0 aliphatic heterocycles. The fourth-order valence-electron chi connectivity index (χ4n) is 1.49. The Morgan fingerprint density at radius 1 is 1.19 bits per heavy atom. The number of nitrogen functional groups attached to an aromatic ring is 1. The fraction of sp³-hybridized carbons (Fsp3) is 0.455. The van der Waals surface area contributed by atoms with Crippen LogP contribution in [0, 0.1) is 0 Å². The standard InChI is InChI=1S/C11H17ClN2O2/c12-11-7-10(13)2-1-9(11)8-14(3-5-15)4-6-16/h1-2,7,15-16H,3-6,8,13H2. The average Bonchev–Trinajstić information content (AvgIpc) is 2.23. The Balaban J connectivity index is 2.68. The molecule has 1 aromatic rings. The minimum Gasteiger partial charge on any atom is -0.399 e. The number of aliphatic hydroxyl groups is 2. The zero-order valence-electron chi connectivity index (χ0n) is 9.06. The molecular weight excluding hydrogens is 228 g/mol. The molecule has 0 atom stereocenters. The molecule has 0 fully saturated rings. The number of hydrogen-bond donors (Lipinski definition) is 3. The number of nitrogens with zero attached hydrogens (tertiary/aromatic N) is 1. The lowest BCUT2D eigenvalue weighted by Gasteiger charge is -2.20. The number of aliphatic hydroxyl groups excluding tert-OH is 2. The minimum atomic E-state index is 0.0621. The summed E-state index contributed by atoms with van der Waals surface area (Å²) >= 11 is 6.04. The van der Waals surface area contributed by atoms with Crippen molar-refractivity contribution in [2.75, 3.05) is 32.0 Å². The maximum Gasteiger partial charge on any atom is 0.0558 e. The van der Waals surface area contributed by atoms with Crippen LogP contribution < -0.4 is 5.73 Å². The van der Waals surface area contributed by atoms with E-state index in [1.54, 1.807) is 12.1 Å². The molecule has 0 heterocycles. The molecule has 0 spiro atoms. The fourth-order valence-corrected chi connectivity index (χ4v) is 1.73. The largest absolute Gasteiger partial charge is 0.399 e. The van der Waals surface area contributed by atoms with E-state index >= 15 is 0 Å².